The van der Waals surface area contributed by atoms with Gasteiger partial charge in [0.1, 0.15) is 0 Å². The zero-order valence-electron chi connectivity index (χ0n) is 10.4. The van der Waals surface area contributed by atoms with E-state index in [4.69, 9.17) is 0 Å². The lowest BCUT2D eigenvalue weighted by atomic mass is 9.72. The largest absolute Gasteiger partial charge is 0.0804 e. The molecule has 2 aliphatic rings. The number of hydrogen-bond donors (Lipinski definition) is 0. The van der Waals surface area contributed by atoms with E-state index in [0.29, 0.717) is 0 Å². The van der Waals surface area contributed by atoms with Crippen molar-refractivity contribution in [3.63, 3.8) is 0 Å². The van der Waals surface area contributed by atoms with E-state index in [0.717, 1.165) is 6.42 Å². The first-order valence-corrected chi connectivity index (χ1v) is 5.72. The molecule has 2 rings (SSSR count). The highest BCUT2D eigenvalue weighted by molar-refractivity contribution is 5.56. The SMILES string of the molecule is CC1=C(C)C(C)(C2=CC=CC2)C(C)=C1C. The molecule has 15 heavy (non-hydrogen) atoms. The molecule has 0 aromatic rings. The highest BCUT2D eigenvalue weighted by Crippen LogP contribution is 2.52. The molecule has 0 amide bonds. The number of allylic oxidation sites excluding steroid dienone is 8. The van der Waals surface area contributed by atoms with E-state index in [1.807, 2.05) is 0 Å². The maximum Gasteiger partial charge on any atom is 0.0313 e. The molecule has 0 saturated heterocycles. The van der Waals surface area contributed by atoms with Crippen molar-refractivity contribution in [2.45, 2.75) is 41.0 Å². The predicted molar refractivity (Wildman–Crippen MR) is 66.7 cm³/mol. The average molecular weight is 200 g/mol. The van der Waals surface area contributed by atoms with E-state index in [-0.39, 0.29) is 5.41 Å². The minimum absolute atomic E-state index is 0.192. The Morgan fingerprint density at radius 1 is 1.00 bits per heavy atom. The highest BCUT2D eigenvalue weighted by Gasteiger charge is 2.38. The predicted octanol–water partition coefficient (Wildman–Crippen LogP) is 4.57. The van der Waals surface area contributed by atoms with Gasteiger partial charge in [-0.1, -0.05) is 34.9 Å². The summed E-state index contributed by atoms with van der Waals surface area (Å²) in [7, 11) is 0. The molecule has 0 spiro atoms. The van der Waals surface area contributed by atoms with Gasteiger partial charge in [0, 0.05) is 5.41 Å². The molecule has 0 saturated carbocycles. The molecule has 0 aromatic heterocycles. The van der Waals surface area contributed by atoms with E-state index >= 15 is 0 Å². The first-order valence-electron chi connectivity index (χ1n) is 5.72. The Morgan fingerprint density at radius 3 is 1.93 bits per heavy atom. The standard InChI is InChI=1S/C15H20/c1-10-11(2)13(4)15(5,12(10)3)14-8-6-7-9-14/h6-8H,9H2,1-5H3. The highest BCUT2D eigenvalue weighted by atomic mass is 14.4. The topological polar surface area (TPSA) is 0 Å². The van der Waals surface area contributed by atoms with Crippen molar-refractivity contribution in [1.29, 1.82) is 0 Å². The fraction of sp³-hybridized carbons (Fsp3) is 0.467. The Labute approximate surface area is 93.1 Å². The second kappa shape index (κ2) is 3.23. The van der Waals surface area contributed by atoms with Crippen LogP contribution in [0.2, 0.25) is 0 Å². The molecule has 0 bridgehead atoms. The molecule has 0 aromatic carbocycles. The van der Waals surface area contributed by atoms with Crippen molar-refractivity contribution >= 4 is 0 Å². The summed E-state index contributed by atoms with van der Waals surface area (Å²) in [5, 5.41) is 0. The molecule has 0 radical (unpaired) electrons. The van der Waals surface area contributed by atoms with Crippen LogP contribution in [0.3, 0.4) is 0 Å². The maximum absolute atomic E-state index is 2.37. The van der Waals surface area contributed by atoms with Crippen molar-refractivity contribution in [3.8, 4) is 0 Å². The third kappa shape index (κ3) is 1.20. The van der Waals surface area contributed by atoms with Gasteiger partial charge in [-0.2, -0.15) is 0 Å². The van der Waals surface area contributed by atoms with Crippen LogP contribution < -0.4 is 0 Å². The molecule has 80 valence electrons. The van der Waals surface area contributed by atoms with Crippen LogP contribution in [0.1, 0.15) is 41.0 Å². The molecule has 0 nitrogen and oxygen atoms in total. The van der Waals surface area contributed by atoms with E-state index in [1.165, 1.54) is 22.3 Å². The summed E-state index contributed by atoms with van der Waals surface area (Å²) < 4.78 is 0. The van der Waals surface area contributed by atoms with Gasteiger partial charge in [0.25, 0.3) is 0 Å². The lowest BCUT2D eigenvalue weighted by molar-refractivity contribution is 0.572. The minimum Gasteiger partial charge on any atom is -0.0804 e. The number of hydrogen-bond acceptors (Lipinski definition) is 0. The Kier molecular flexibility index (Phi) is 2.26. The molecule has 2 aliphatic carbocycles. The van der Waals surface area contributed by atoms with Gasteiger partial charge in [0.05, 0.1) is 0 Å². The first-order chi connectivity index (χ1) is 6.99. The molecule has 0 heteroatoms. The van der Waals surface area contributed by atoms with Gasteiger partial charge in [0.15, 0.2) is 0 Å². The Bertz CT molecular complexity index is 401. The first kappa shape index (κ1) is 10.5. The van der Waals surface area contributed by atoms with Gasteiger partial charge in [-0.05, 0) is 52.2 Å². The Balaban J connectivity index is 2.54. The molecule has 0 aliphatic heterocycles. The van der Waals surface area contributed by atoms with Crippen molar-refractivity contribution in [2.75, 3.05) is 0 Å². The fourth-order valence-corrected chi connectivity index (χ4v) is 2.89. The van der Waals surface area contributed by atoms with Crippen molar-refractivity contribution in [3.05, 3.63) is 46.1 Å². The van der Waals surface area contributed by atoms with Crippen LogP contribution in [-0.4, -0.2) is 0 Å². The molecular weight excluding hydrogens is 180 g/mol. The number of rotatable bonds is 1. The lowest BCUT2D eigenvalue weighted by Gasteiger charge is -2.31. The molecule has 0 N–H and O–H groups in total. The molecular formula is C15H20. The third-order valence-electron chi connectivity index (χ3n) is 4.60. The lowest BCUT2D eigenvalue weighted by Crippen LogP contribution is -2.19. The van der Waals surface area contributed by atoms with Crippen LogP contribution in [-0.2, 0) is 0 Å². The van der Waals surface area contributed by atoms with Crippen LogP contribution in [0.4, 0.5) is 0 Å². The molecule has 0 heterocycles. The third-order valence-corrected chi connectivity index (χ3v) is 4.60. The zero-order valence-corrected chi connectivity index (χ0v) is 10.4. The Morgan fingerprint density at radius 2 is 1.53 bits per heavy atom. The monoisotopic (exact) mass is 200 g/mol. The summed E-state index contributed by atoms with van der Waals surface area (Å²) >= 11 is 0. The Hall–Kier alpha value is -1.04. The second-order valence-electron chi connectivity index (χ2n) is 4.95. The summed E-state index contributed by atoms with van der Waals surface area (Å²) in [4.78, 5) is 0. The molecule has 0 unspecified atom stereocenters. The van der Waals surface area contributed by atoms with Crippen LogP contribution in [0.5, 0.6) is 0 Å². The van der Waals surface area contributed by atoms with Gasteiger partial charge in [-0.3, -0.25) is 0 Å². The van der Waals surface area contributed by atoms with Gasteiger partial charge >= 0.3 is 0 Å². The molecule has 0 fully saturated rings. The minimum atomic E-state index is 0.192. The maximum atomic E-state index is 2.37. The summed E-state index contributed by atoms with van der Waals surface area (Å²) in [6.45, 7) is 11.4. The fourth-order valence-electron chi connectivity index (χ4n) is 2.89. The van der Waals surface area contributed by atoms with Gasteiger partial charge < -0.3 is 0 Å². The van der Waals surface area contributed by atoms with E-state index in [1.54, 1.807) is 5.57 Å². The summed E-state index contributed by atoms with van der Waals surface area (Å²) in [5.74, 6) is 0. The summed E-state index contributed by atoms with van der Waals surface area (Å²) in [6, 6.07) is 0. The van der Waals surface area contributed by atoms with Crippen molar-refractivity contribution in [2.24, 2.45) is 5.41 Å². The second-order valence-corrected chi connectivity index (χ2v) is 4.95. The van der Waals surface area contributed by atoms with Crippen molar-refractivity contribution in [1.82, 2.24) is 0 Å². The zero-order chi connectivity index (χ0) is 11.2. The molecule has 0 atom stereocenters. The summed E-state index contributed by atoms with van der Waals surface area (Å²) in [5.41, 5.74) is 7.79. The average Bonchev–Trinajstić information content (AvgIpc) is 2.81. The van der Waals surface area contributed by atoms with Gasteiger partial charge in [0.2, 0.25) is 0 Å². The van der Waals surface area contributed by atoms with Crippen LogP contribution in [0.25, 0.3) is 0 Å². The van der Waals surface area contributed by atoms with Crippen molar-refractivity contribution < 1.29 is 0 Å². The van der Waals surface area contributed by atoms with Gasteiger partial charge in [-0.25, -0.2) is 0 Å². The summed E-state index contributed by atoms with van der Waals surface area (Å²) in [6.07, 6.45) is 7.85. The van der Waals surface area contributed by atoms with Gasteiger partial charge in [-0.15, -0.1) is 0 Å². The smallest absolute Gasteiger partial charge is 0.0313 e. The normalized spacial score (nSPS) is 24.2. The van der Waals surface area contributed by atoms with E-state index in [2.05, 4.69) is 52.8 Å². The quantitative estimate of drug-likeness (QED) is 0.582. The van der Waals surface area contributed by atoms with E-state index in [9.17, 15) is 0 Å². The van der Waals surface area contributed by atoms with Crippen LogP contribution >= 0.6 is 0 Å². The van der Waals surface area contributed by atoms with E-state index < -0.39 is 0 Å². The van der Waals surface area contributed by atoms with Crippen LogP contribution in [0.15, 0.2) is 46.1 Å². The van der Waals surface area contributed by atoms with Crippen LogP contribution in [0, 0.1) is 5.41 Å².